The second-order valence-electron chi connectivity index (χ2n) is 17.4. The number of carboxylic acids is 1. The fourth-order valence-corrected chi connectivity index (χ4v) is 7.53. The number of hydrogen-bond acceptors (Lipinski definition) is 12. The first-order valence-electron chi connectivity index (χ1n) is 21.4. The highest BCUT2D eigenvalue weighted by Gasteiger charge is 2.40. The van der Waals surface area contributed by atoms with Crippen molar-refractivity contribution >= 4 is 77.6 Å². The van der Waals surface area contributed by atoms with Gasteiger partial charge in [0.2, 0.25) is 47.3 Å². The molecule has 1 heterocycles. The molecule has 1 fully saturated rings. The Kier molecular flexibility index (Phi) is 25.1. The van der Waals surface area contributed by atoms with E-state index >= 15 is 0 Å². The summed E-state index contributed by atoms with van der Waals surface area (Å²) >= 11 is 5.73. The van der Waals surface area contributed by atoms with Crippen molar-refractivity contribution in [1.82, 2.24) is 42.1 Å². The van der Waals surface area contributed by atoms with Crippen molar-refractivity contribution in [3.63, 3.8) is 0 Å². The predicted molar refractivity (Wildman–Crippen MR) is 241 cm³/mol. The molecule has 0 radical (unpaired) electrons. The molecule has 62 heavy (non-hydrogen) atoms. The van der Waals surface area contributed by atoms with Crippen molar-refractivity contribution in [3.8, 4) is 0 Å². The second kappa shape index (κ2) is 27.8. The summed E-state index contributed by atoms with van der Waals surface area (Å²) in [6, 6.07) is -8.68. The van der Waals surface area contributed by atoms with Crippen LogP contribution >= 0.6 is 24.4 Å². The van der Waals surface area contributed by atoms with Crippen molar-refractivity contribution in [3.05, 3.63) is 0 Å². The van der Waals surface area contributed by atoms with Crippen LogP contribution in [0.1, 0.15) is 101 Å². The van der Waals surface area contributed by atoms with Gasteiger partial charge in [0.05, 0.1) is 6.54 Å². The van der Waals surface area contributed by atoms with E-state index in [1.54, 1.807) is 13.8 Å². The lowest BCUT2D eigenvalue weighted by molar-refractivity contribution is -0.142. The maximum atomic E-state index is 13.9. The van der Waals surface area contributed by atoms with E-state index < -0.39 is 107 Å². The summed E-state index contributed by atoms with van der Waals surface area (Å²) in [6.45, 7) is 15.8. The normalized spacial score (nSPS) is 17.3. The maximum Gasteiger partial charge on any atom is 0.326 e. The van der Waals surface area contributed by atoms with Gasteiger partial charge in [0.25, 0.3) is 0 Å². The highest BCUT2D eigenvalue weighted by molar-refractivity contribution is 7.98. The molecular formula is C41H73N9O10S2. The Hall–Kier alpha value is -4.11. The summed E-state index contributed by atoms with van der Waals surface area (Å²) in [5.74, 6) is -6.32. The van der Waals surface area contributed by atoms with Crippen LogP contribution in [0, 0.1) is 23.7 Å². The number of rotatable bonds is 27. The molecule has 8 amide bonds. The molecule has 0 aromatic carbocycles. The van der Waals surface area contributed by atoms with Gasteiger partial charge in [0.1, 0.15) is 48.3 Å². The Bertz CT molecular complexity index is 1550. The van der Waals surface area contributed by atoms with Crippen LogP contribution in [0.25, 0.3) is 0 Å². The predicted octanol–water partition coefficient (Wildman–Crippen LogP) is -0.0886. The minimum Gasteiger partial charge on any atom is -0.480 e. The lowest BCUT2D eigenvalue weighted by Crippen LogP contribution is -2.60. The summed E-state index contributed by atoms with van der Waals surface area (Å²) in [7, 11) is 0. The van der Waals surface area contributed by atoms with Gasteiger partial charge in [-0.15, -0.1) is 0 Å². The number of carbonyl (C=O) groups excluding carboxylic acids is 8. The summed E-state index contributed by atoms with van der Waals surface area (Å²) in [5, 5.41) is 28.1. The first-order valence-corrected chi connectivity index (χ1v) is 23.4. The molecule has 0 spiro atoms. The monoisotopic (exact) mass is 915 g/mol. The summed E-state index contributed by atoms with van der Waals surface area (Å²) in [4.78, 5) is 120. The van der Waals surface area contributed by atoms with Gasteiger partial charge in [-0.3, -0.25) is 38.4 Å². The highest BCUT2D eigenvalue weighted by atomic mass is 32.2. The lowest BCUT2D eigenvalue weighted by Gasteiger charge is -2.31. The van der Waals surface area contributed by atoms with Crippen LogP contribution in [-0.4, -0.2) is 142 Å². The van der Waals surface area contributed by atoms with Gasteiger partial charge in [-0.2, -0.15) is 24.4 Å². The van der Waals surface area contributed by atoms with E-state index in [1.165, 1.54) is 23.6 Å². The third-order valence-electron chi connectivity index (χ3n) is 10.1. The topological polar surface area (TPSA) is 287 Å². The molecule has 8 atom stereocenters. The van der Waals surface area contributed by atoms with Gasteiger partial charge >= 0.3 is 5.97 Å². The average Bonchev–Trinajstić information content (AvgIpc) is 3.68. The smallest absolute Gasteiger partial charge is 0.326 e. The van der Waals surface area contributed by atoms with Crippen LogP contribution in [-0.2, 0) is 43.2 Å². The zero-order valence-corrected chi connectivity index (χ0v) is 39.7. The Morgan fingerprint density at radius 2 is 1.16 bits per heavy atom. The number of nitrogens with two attached hydrogens (primary N) is 1. The van der Waals surface area contributed by atoms with Crippen LogP contribution in [0.2, 0.25) is 0 Å². The van der Waals surface area contributed by atoms with Gasteiger partial charge in [0.15, 0.2) is 0 Å². The maximum absolute atomic E-state index is 13.9. The Morgan fingerprint density at radius 1 is 0.661 bits per heavy atom. The van der Waals surface area contributed by atoms with Crippen LogP contribution in [0.15, 0.2) is 0 Å². The first-order chi connectivity index (χ1) is 29.0. The Balaban J connectivity index is 3.13. The summed E-state index contributed by atoms with van der Waals surface area (Å²) in [5.41, 5.74) is 5.43. The molecule has 21 heteroatoms. The molecule has 19 nitrogen and oxygen atoms in total. The van der Waals surface area contributed by atoms with E-state index in [0.29, 0.717) is 18.6 Å². The van der Waals surface area contributed by atoms with E-state index in [-0.39, 0.29) is 62.3 Å². The van der Waals surface area contributed by atoms with Gasteiger partial charge in [-0.05, 0) is 81.1 Å². The zero-order chi connectivity index (χ0) is 47.4. The number of nitrogens with zero attached hydrogens (tertiary/aromatic N) is 1. The van der Waals surface area contributed by atoms with Gasteiger partial charge in [-0.1, -0.05) is 55.4 Å². The number of likely N-dealkylation sites (tertiary alicyclic amines) is 1. The van der Waals surface area contributed by atoms with E-state index in [9.17, 15) is 48.3 Å². The fourth-order valence-electron chi connectivity index (χ4n) is 6.81. The molecule has 1 aliphatic heterocycles. The second-order valence-corrected chi connectivity index (χ2v) is 18.8. The van der Waals surface area contributed by atoms with E-state index in [1.807, 2.05) is 47.8 Å². The van der Waals surface area contributed by atoms with Crippen molar-refractivity contribution in [2.24, 2.45) is 29.4 Å². The van der Waals surface area contributed by atoms with Gasteiger partial charge in [-0.25, -0.2) is 4.79 Å². The Labute approximate surface area is 376 Å². The number of thioether (sulfide) groups is 1. The third-order valence-corrected chi connectivity index (χ3v) is 11.1. The van der Waals surface area contributed by atoms with Gasteiger partial charge in [0, 0.05) is 12.3 Å². The number of amides is 8. The summed E-state index contributed by atoms with van der Waals surface area (Å²) in [6.07, 6.45) is 3.46. The molecule has 0 saturated carbocycles. The highest BCUT2D eigenvalue weighted by Crippen LogP contribution is 2.20. The molecule has 0 aliphatic carbocycles. The largest absolute Gasteiger partial charge is 0.480 e. The Morgan fingerprint density at radius 3 is 1.66 bits per heavy atom. The minimum atomic E-state index is -1.20. The molecule has 1 aliphatic rings. The molecule has 354 valence electrons. The van der Waals surface area contributed by atoms with E-state index in [4.69, 9.17) is 5.73 Å². The fraction of sp³-hybridized carbons (Fsp3) is 0.780. The number of thiol groups is 1. The van der Waals surface area contributed by atoms with E-state index in [0.717, 1.165) is 0 Å². The number of nitrogens with one attached hydrogen (secondary N) is 7. The SMILES string of the molecule is CSCC[C@H](NC(=O)[C@H](C)NC(=O)[C@@H](NC(=O)[C@H](CC(C)C)NC(=O)[C@@H]1CCCN1C(=O)[C@H](CS)NC(=O)[C@H](CC(C)C)NC(=O)CN)C(C)C)C(=O)N[C@@H](CC(C)C)C(=O)O. The van der Waals surface area contributed by atoms with Crippen LogP contribution in [0.3, 0.4) is 0 Å². The molecule has 0 bridgehead atoms. The number of aliphatic carboxylic acids is 1. The van der Waals surface area contributed by atoms with Crippen LogP contribution < -0.4 is 43.0 Å². The number of hydrogen-bond donors (Lipinski definition) is 10. The average molecular weight is 916 g/mol. The van der Waals surface area contributed by atoms with Crippen LogP contribution in [0.5, 0.6) is 0 Å². The molecule has 1 saturated heterocycles. The lowest BCUT2D eigenvalue weighted by atomic mass is 9.99. The third kappa shape index (κ3) is 19.1. The first kappa shape index (κ1) is 55.9. The van der Waals surface area contributed by atoms with Crippen molar-refractivity contribution in [2.45, 2.75) is 149 Å². The standard InChI is InChI=1S/C41H73N9O10S2/c1-21(2)16-27(44-32(51)19-42)36(54)48-30(20-61)40(58)50-14-11-12-31(50)38(56)46-28(17-22(3)4)37(55)49-33(24(7)8)39(57)43-25(9)34(52)45-26(13-15-62-10)35(53)47-29(41(59)60)18-23(5)6/h21-31,33,61H,11-20,42H2,1-10H3,(H,43,57)(H,44,51)(H,45,52)(H,46,56)(H,47,53)(H,48,54)(H,49,55)(H,59,60)/t25-,26-,27-,28-,29-,30-,31-,33-/m0/s1. The molecule has 1 rings (SSSR count). The van der Waals surface area contributed by atoms with Gasteiger partial charge < -0.3 is 53.0 Å². The number of carboxylic acid groups (broad SMARTS) is 1. The van der Waals surface area contributed by atoms with Crippen molar-refractivity contribution in [2.75, 3.05) is 30.9 Å². The van der Waals surface area contributed by atoms with Crippen molar-refractivity contribution in [1.29, 1.82) is 0 Å². The summed E-state index contributed by atoms with van der Waals surface area (Å²) < 4.78 is 0. The number of carbonyl (C=O) groups is 9. The zero-order valence-electron chi connectivity index (χ0n) is 38.0. The molecule has 0 unspecified atom stereocenters. The molecule has 0 aromatic heterocycles. The quantitative estimate of drug-likeness (QED) is 0.0485. The van der Waals surface area contributed by atoms with E-state index in [2.05, 4.69) is 49.8 Å². The molecule has 0 aromatic rings. The van der Waals surface area contributed by atoms with Crippen LogP contribution in [0.4, 0.5) is 0 Å². The molecular weight excluding hydrogens is 843 g/mol. The van der Waals surface area contributed by atoms with Crippen molar-refractivity contribution < 1.29 is 48.3 Å². The molecule has 10 N–H and O–H groups in total. The minimum absolute atomic E-state index is 0.0158.